The molecule has 0 unspecified atom stereocenters. The van der Waals surface area contributed by atoms with Gasteiger partial charge in [-0.3, -0.25) is 4.79 Å². The van der Waals surface area contributed by atoms with Crippen molar-refractivity contribution in [1.82, 2.24) is 10.2 Å². The van der Waals surface area contributed by atoms with Crippen LogP contribution in [-0.4, -0.2) is 36.5 Å². The summed E-state index contributed by atoms with van der Waals surface area (Å²) in [5.74, 6) is 0.666. The Labute approximate surface area is 135 Å². The molecule has 0 bridgehead atoms. The van der Waals surface area contributed by atoms with Gasteiger partial charge in [0.15, 0.2) is 0 Å². The summed E-state index contributed by atoms with van der Waals surface area (Å²) in [5, 5.41) is 3.14. The van der Waals surface area contributed by atoms with E-state index in [1.807, 2.05) is 24.3 Å². The van der Waals surface area contributed by atoms with Gasteiger partial charge in [-0.1, -0.05) is 28.4 Å². The van der Waals surface area contributed by atoms with Crippen LogP contribution in [-0.2, 0) is 0 Å². The number of benzene rings is 1. The van der Waals surface area contributed by atoms with Gasteiger partial charge in [0, 0.05) is 22.6 Å². The second kappa shape index (κ2) is 6.93. The van der Waals surface area contributed by atoms with Gasteiger partial charge in [-0.2, -0.15) is 0 Å². The monoisotopic (exact) mass is 350 g/mol. The number of nitrogens with zero attached hydrogens (tertiary/aromatic N) is 1. The highest BCUT2D eigenvalue weighted by Gasteiger charge is 2.32. The van der Waals surface area contributed by atoms with Crippen LogP contribution in [0.15, 0.2) is 28.7 Å². The van der Waals surface area contributed by atoms with Crippen molar-refractivity contribution in [3.05, 3.63) is 34.3 Å². The molecule has 1 amide bonds. The Kier molecular flexibility index (Phi) is 4.96. The normalized spacial score (nSPS) is 26.1. The molecule has 114 valence electrons. The highest BCUT2D eigenvalue weighted by molar-refractivity contribution is 9.10. The fourth-order valence-electron chi connectivity index (χ4n) is 3.77. The molecular weight excluding hydrogens is 328 g/mol. The summed E-state index contributed by atoms with van der Waals surface area (Å²) in [6.45, 7) is 3.31. The number of carbonyl (C=O) groups excluding carboxylic acids is 1. The molecule has 0 spiro atoms. The van der Waals surface area contributed by atoms with Crippen molar-refractivity contribution in [2.45, 2.75) is 38.1 Å². The Morgan fingerprint density at radius 2 is 2.10 bits per heavy atom. The first-order valence-corrected chi connectivity index (χ1v) is 8.81. The van der Waals surface area contributed by atoms with E-state index in [1.54, 1.807) is 0 Å². The molecule has 2 aliphatic heterocycles. The lowest BCUT2D eigenvalue weighted by atomic mass is 9.83. The van der Waals surface area contributed by atoms with Gasteiger partial charge < -0.3 is 10.2 Å². The third-order valence-corrected chi connectivity index (χ3v) is 5.33. The van der Waals surface area contributed by atoms with Gasteiger partial charge in [-0.15, -0.1) is 0 Å². The third-order valence-electron chi connectivity index (χ3n) is 4.84. The summed E-state index contributed by atoms with van der Waals surface area (Å²) in [7, 11) is 0. The Morgan fingerprint density at radius 3 is 2.95 bits per heavy atom. The highest BCUT2D eigenvalue weighted by Crippen LogP contribution is 2.30. The van der Waals surface area contributed by atoms with Crippen LogP contribution in [0.4, 0.5) is 0 Å². The maximum Gasteiger partial charge on any atom is 0.251 e. The van der Waals surface area contributed by atoms with Crippen LogP contribution < -0.4 is 5.32 Å². The van der Waals surface area contributed by atoms with Gasteiger partial charge in [0.2, 0.25) is 0 Å². The number of hydrogen-bond donors (Lipinski definition) is 1. The first kappa shape index (κ1) is 15.0. The van der Waals surface area contributed by atoms with Crippen molar-refractivity contribution >= 4 is 21.8 Å². The number of carbonyl (C=O) groups is 1. The first-order valence-electron chi connectivity index (χ1n) is 8.02. The molecule has 2 atom stereocenters. The molecule has 4 heteroatoms. The number of amides is 1. The number of nitrogens with one attached hydrogen (secondary N) is 1. The number of piperidine rings is 2. The SMILES string of the molecule is O=C(NC[C@@H]1CCCN2CCCC[C@@H]12)c1cccc(Br)c1. The van der Waals surface area contributed by atoms with E-state index in [9.17, 15) is 4.79 Å². The second-order valence-electron chi connectivity index (χ2n) is 6.22. The van der Waals surface area contributed by atoms with Gasteiger partial charge in [0.05, 0.1) is 0 Å². The summed E-state index contributed by atoms with van der Waals surface area (Å²) < 4.78 is 0.950. The van der Waals surface area contributed by atoms with E-state index in [-0.39, 0.29) is 5.91 Å². The van der Waals surface area contributed by atoms with Crippen LogP contribution in [0, 0.1) is 5.92 Å². The summed E-state index contributed by atoms with van der Waals surface area (Å²) >= 11 is 3.42. The Balaban J connectivity index is 1.57. The van der Waals surface area contributed by atoms with Gasteiger partial charge in [-0.05, 0) is 62.9 Å². The van der Waals surface area contributed by atoms with E-state index >= 15 is 0 Å². The van der Waals surface area contributed by atoms with Crippen molar-refractivity contribution in [2.24, 2.45) is 5.92 Å². The lowest BCUT2D eigenvalue weighted by Gasteiger charge is -2.44. The smallest absolute Gasteiger partial charge is 0.251 e. The summed E-state index contributed by atoms with van der Waals surface area (Å²) in [5.41, 5.74) is 0.737. The number of fused-ring (bicyclic) bond motifs is 1. The molecule has 3 rings (SSSR count). The van der Waals surface area contributed by atoms with E-state index < -0.39 is 0 Å². The fraction of sp³-hybridized carbons (Fsp3) is 0.588. The van der Waals surface area contributed by atoms with Crippen molar-refractivity contribution in [3.63, 3.8) is 0 Å². The number of halogens is 1. The average molecular weight is 351 g/mol. The highest BCUT2D eigenvalue weighted by atomic mass is 79.9. The number of rotatable bonds is 3. The van der Waals surface area contributed by atoms with Crippen LogP contribution in [0.3, 0.4) is 0 Å². The largest absolute Gasteiger partial charge is 0.352 e. The maximum atomic E-state index is 12.3. The average Bonchev–Trinajstić information content (AvgIpc) is 2.52. The van der Waals surface area contributed by atoms with E-state index in [2.05, 4.69) is 26.1 Å². The second-order valence-corrected chi connectivity index (χ2v) is 7.14. The molecule has 1 N–H and O–H groups in total. The first-order chi connectivity index (χ1) is 10.2. The molecule has 0 radical (unpaired) electrons. The molecule has 0 aromatic heterocycles. The van der Waals surface area contributed by atoms with Crippen LogP contribution in [0.1, 0.15) is 42.5 Å². The summed E-state index contributed by atoms with van der Waals surface area (Å²) in [6, 6.07) is 8.28. The molecule has 21 heavy (non-hydrogen) atoms. The summed E-state index contributed by atoms with van der Waals surface area (Å²) in [4.78, 5) is 14.9. The lowest BCUT2D eigenvalue weighted by Crippen LogP contribution is -2.51. The van der Waals surface area contributed by atoms with Crippen molar-refractivity contribution in [1.29, 1.82) is 0 Å². The minimum absolute atomic E-state index is 0.0456. The topological polar surface area (TPSA) is 32.3 Å². The predicted molar refractivity (Wildman–Crippen MR) is 88.4 cm³/mol. The maximum absolute atomic E-state index is 12.3. The van der Waals surface area contributed by atoms with Crippen LogP contribution >= 0.6 is 15.9 Å². The molecule has 2 saturated heterocycles. The zero-order valence-corrected chi connectivity index (χ0v) is 13.9. The molecule has 2 aliphatic rings. The Morgan fingerprint density at radius 1 is 1.24 bits per heavy atom. The van der Waals surface area contributed by atoms with E-state index in [0.717, 1.165) is 16.6 Å². The van der Waals surface area contributed by atoms with E-state index in [0.29, 0.717) is 12.0 Å². The standard InChI is InChI=1S/C17H23BrN2O/c18-15-7-3-5-13(11-15)17(21)19-12-14-6-4-10-20-9-2-1-8-16(14)20/h3,5,7,11,14,16H,1-2,4,6,8-10,12H2,(H,19,21)/t14-,16-/m0/s1. The van der Waals surface area contributed by atoms with Gasteiger partial charge in [0.25, 0.3) is 5.91 Å². The zero-order valence-electron chi connectivity index (χ0n) is 12.4. The zero-order chi connectivity index (χ0) is 14.7. The van der Waals surface area contributed by atoms with Crippen molar-refractivity contribution < 1.29 is 4.79 Å². The minimum atomic E-state index is 0.0456. The van der Waals surface area contributed by atoms with Crippen LogP contribution in [0.5, 0.6) is 0 Å². The van der Waals surface area contributed by atoms with Crippen molar-refractivity contribution in [3.8, 4) is 0 Å². The summed E-state index contributed by atoms with van der Waals surface area (Å²) in [6.07, 6.45) is 6.51. The Bertz CT molecular complexity index is 503. The molecule has 2 fully saturated rings. The molecule has 0 aliphatic carbocycles. The fourth-order valence-corrected chi connectivity index (χ4v) is 4.17. The minimum Gasteiger partial charge on any atom is -0.352 e. The Hall–Kier alpha value is -0.870. The molecule has 2 heterocycles. The molecular formula is C17H23BrN2O. The molecule has 1 aromatic carbocycles. The van der Waals surface area contributed by atoms with Crippen LogP contribution in [0.2, 0.25) is 0 Å². The van der Waals surface area contributed by atoms with Gasteiger partial charge in [-0.25, -0.2) is 0 Å². The van der Waals surface area contributed by atoms with Gasteiger partial charge in [0.1, 0.15) is 0 Å². The van der Waals surface area contributed by atoms with Gasteiger partial charge >= 0.3 is 0 Å². The number of hydrogen-bond acceptors (Lipinski definition) is 2. The molecule has 0 saturated carbocycles. The third kappa shape index (κ3) is 3.67. The van der Waals surface area contributed by atoms with Crippen molar-refractivity contribution in [2.75, 3.05) is 19.6 Å². The predicted octanol–water partition coefficient (Wildman–Crippen LogP) is 3.44. The van der Waals surface area contributed by atoms with Crippen LogP contribution in [0.25, 0.3) is 0 Å². The lowest BCUT2D eigenvalue weighted by molar-refractivity contribution is 0.0575. The quantitative estimate of drug-likeness (QED) is 0.905. The van der Waals surface area contributed by atoms with E-state index in [1.165, 1.54) is 45.2 Å². The van der Waals surface area contributed by atoms with E-state index in [4.69, 9.17) is 0 Å². The molecule has 1 aromatic rings. The molecule has 3 nitrogen and oxygen atoms in total.